The molecular formula is C13H11ClN2O3. The number of nitrogens with zero attached hydrogens (tertiary/aromatic N) is 2. The van der Waals surface area contributed by atoms with Crippen molar-refractivity contribution in [3.05, 3.63) is 28.8 Å². The number of anilines is 1. The van der Waals surface area contributed by atoms with Crippen molar-refractivity contribution in [3.63, 3.8) is 0 Å². The van der Waals surface area contributed by atoms with Gasteiger partial charge in [-0.3, -0.25) is 9.59 Å². The summed E-state index contributed by atoms with van der Waals surface area (Å²) in [5.41, 5.74) is 0.675. The number of hydrogen-bond acceptors (Lipinski definition) is 4. The smallest absolute Gasteiger partial charge is 0.311 e. The molecule has 1 heterocycles. The number of methoxy groups -OCH3 is 1. The molecule has 19 heavy (non-hydrogen) atoms. The molecule has 1 unspecified atom stereocenters. The van der Waals surface area contributed by atoms with Gasteiger partial charge in [-0.1, -0.05) is 17.7 Å². The van der Waals surface area contributed by atoms with Crippen molar-refractivity contribution in [1.29, 1.82) is 5.26 Å². The molecule has 1 fully saturated rings. The minimum Gasteiger partial charge on any atom is -0.469 e. The molecule has 1 atom stereocenters. The predicted octanol–water partition coefficient (Wildman–Crippen LogP) is 1.74. The fourth-order valence-corrected chi connectivity index (χ4v) is 2.40. The molecular weight excluding hydrogens is 268 g/mol. The predicted molar refractivity (Wildman–Crippen MR) is 68.6 cm³/mol. The van der Waals surface area contributed by atoms with Gasteiger partial charge in [-0.2, -0.15) is 5.26 Å². The Labute approximate surface area is 115 Å². The van der Waals surface area contributed by atoms with E-state index in [1.165, 1.54) is 12.0 Å². The van der Waals surface area contributed by atoms with Crippen molar-refractivity contribution >= 4 is 29.2 Å². The van der Waals surface area contributed by atoms with Gasteiger partial charge in [0.2, 0.25) is 5.91 Å². The second-order valence-electron chi connectivity index (χ2n) is 4.18. The Morgan fingerprint density at radius 2 is 2.32 bits per heavy atom. The van der Waals surface area contributed by atoms with Crippen molar-refractivity contribution in [2.45, 2.75) is 6.42 Å². The molecule has 1 amide bonds. The summed E-state index contributed by atoms with van der Waals surface area (Å²) in [6, 6.07) is 6.83. The van der Waals surface area contributed by atoms with Crippen LogP contribution in [0.25, 0.3) is 0 Å². The molecule has 0 radical (unpaired) electrons. The van der Waals surface area contributed by atoms with E-state index in [9.17, 15) is 9.59 Å². The molecule has 0 N–H and O–H groups in total. The van der Waals surface area contributed by atoms with Gasteiger partial charge >= 0.3 is 5.97 Å². The van der Waals surface area contributed by atoms with Crippen molar-refractivity contribution in [3.8, 4) is 6.07 Å². The first-order valence-electron chi connectivity index (χ1n) is 5.65. The summed E-state index contributed by atoms with van der Waals surface area (Å²) in [5.74, 6) is -1.18. The molecule has 1 aliphatic heterocycles. The Morgan fingerprint density at radius 1 is 1.58 bits per heavy atom. The topological polar surface area (TPSA) is 70.4 Å². The number of ether oxygens (including phenoxy) is 1. The zero-order valence-corrected chi connectivity index (χ0v) is 11.0. The highest BCUT2D eigenvalue weighted by Gasteiger charge is 2.37. The SMILES string of the molecule is COC(=O)C1CC(=O)N(c2c(Cl)cccc2C#N)C1. The van der Waals surface area contributed by atoms with E-state index in [4.69, 9.17) is 16.9 Å². The van der Waals surface area contributed by atoms with Crippen molar-refractivity contribution in [1.82, 2.24) is 0 Å². The average molecular weight is 279 g/mol. The van der Waals surface area contributed by atoms with Crippen LogP contribution in [0.4, 0.5) is 5.69 Å². The second-order valence-corrected chi connectivity index (χ2v) is 4.58. The number of carbonyl (C=O) groups is 2. The molecule has 2 rings (SSSR count). The number of benzene rings is 1. The van der Waals surface area contributed by atoms with E-state index in [2.05, 4.69) is 4.74 Å². The van der Waals surface area contributed by atoms with Crippen molar-refractivity contribution < 1.29 is 14.3 Å². The maximum atomic E-state index is 12.0. The lowest BCUT2D eigenvalue weighted by atomic mass is 10.1. The number of carbonyl (C=O) groups excluding carboxylic acids is 2. The molecule has 98 valence electrons. The van der Waals surface area contributed by atoms with Crippen LogP contribution in [0, 0.1) is 17.2 Å². The lowest BCUT2D eigenvalue weighted by Gasteiger charge is -2.19. The van der Waals surface area contributed by atoms with E-state index in [0.29, 0.717) is 16.3 Å². The van der Waals surface area contributed by atoms with Crippen LogP contribution in [0.3, 0.4) is 0 Å². The molecule has 5 nitrogen and oxygen atoms in total. The molecule has 0 spiro atoms. The summed E-state index contributed by atoms with van der Waals surface area (Å²) in [6.45, 7) is 0.184. The molecule has 1 saturated heterocycles. The Kier molecular flexibility index (Phi) is 3.72. The van der Waals surface area contributed by atoms with E-state index in [1.807, 2.05) is 6.07 Å². The Balaban J connectivity index is 2.36. The first-order chi connectivity index (χ1) is 9.08. The molecule has 0 bridgehead atoms. The number of nitriles is 1. The van der Waals surface area contributed by atoms with Gasteiger partial charge in [-0.05, 0) is 12.1 Å². The summed E-state index contributed by atoms with van der Waals surface area (Å²) in [4.78, 5) is 24.8. The highest BCUT2D eigenvalue weighted by Crippen LogP contribution is 2.34. The number of amides is 1. The lowest BCUT2D eigenvalue weighted by molar-refractivity contribution is -0.145. The Bertz CT molecular complexity index is 580. The molecule has 6 heteroatoms. The van der Waals surface area contributed by atoms with Crippen LogP contribution in [-0.4, -0.2) is 25.5 Å². The van der Waals surface area contributed by atoms with Crippen LogP contribution in [0.5, 0.6) is 0 Å². The van der Waals surface area contributed by atoms with E-state index < -0.39 is 11.9 Å². The summed E-state index contributed by atoms with van der Waals surface area (Å²) >= 11 is 6.05. The molecule has 0 saturated carbocycles. The lowest BCUT2D eigenvalue weighted by Crippen LogP contribution is -2.27. The van der Waals surface area contributed by atoms with Crippen LogP contribution in [0.15, 0.2) is 18.2 Å². The van der Waals surface area contributed by atoms with Crippen LogP contribution in [-0.2, 0) is 14.3 Å². The zero-order valence-electron chi connectivity index (χ0n) is 10.2. The minimum atomic E-state index is -0.514. The van der Waals surface area contributed by atoms with Crippen LogP contribution < -0.4 is 4.90 Å². The van der Waals surface area contributed by atoms with Crippen LogP contribution in [0.1, 0.15) is 12.0 Å². The zero-order chi connectivity index (χ0) is 14.0. The van der Waals surface area contributed by atoms with Gasteiger partial charge in [0, 0.05) is 13.0 Å². The number of hydrogen-bond donors (Lipinski definition) is 0. The molecule has 1 aromatic carbocycles. The third-order valence-electron chi connectivity index (χ3n) is 3.04. The van der Waals surface area contributed by atoms with Crippen LogP contribution >= 0.6 is 11.6 Å². The van der Waals surface area contributed by atoms with E-state index in [0.717, 1.165) is 0 Å². The Morgan fingerprint density at radius 3 is 2.95 bits per heavy atom. The Hall–Kier alpha value is -2.06. The molecule has 0 aromatic heterocycles. The van der Waals surface area contributed by atoms with E-state index >= 15 is 0 Å². The summed E-state index contributed by atoms with van der Waals surface area (Å²) < 4.78 is 4.64. The number of esters is 1. The van der Waals surface area contributed by atoms with Gasteiger partial charge in [0.1, 0.15) is 6.07 Å². The normalized spacial score (nSPS) is 18.3. The summed E-state index contributed by atoms with van der Waals surface area (Å²) in [6.07, 6.45) is 0.0722. The number of halogens is 1. The van der Waals surface area contributed by atoms with E-state index in [-0.39, 0.29) is 18.9 Å². The molecule has 1 aliphatic rings. The second kappa shape index (κ2) is 5.29. The van der Waals surface area contributed by atoms with Gasteiger partial charge in [0.15, 0.2) is 0 Å². The van der Waals surface area contributed by atoms with Gasteiger partial charge < -0.3 is 9.64 Å². The standard InChI is InChI=1S/C13H11ClN2O3/c1-19-13(18)9-5-11(17)16(7-9)12-8(6-15)3-2-4-10(12)14/h2-4,9H,5,7H2,1H3. The van der Waals surface area contributed by atoms with E-state index in [1.54, 1.807) is 18.2 Å². The first-order valence-corrected chi connectivity index (χ1v) is 6.03. The van der Waals surface area contributed by atoms with Crippen molar-refractivity contribution in [2.24, 2.45) is 5.92 Å². The van der Waals surface area contributed by atoms with Gasteiger partial charge in [-0.15, -0.1) is 0 Å². The number of para-hydroxylation sites is 1. The van der Waals surface area contributed by atoms with Gasteiger partial charge in [0.05, 0.1) is 29.3 Å². The summed E-state index contributed by atoms with van der Waals surface area (Å²) in [7, 11) is 1.28. The summed E-state index contributed by atoms with van der Waals surface area (Å²) in [5, 5.41) is 9.39. The minimum absolute atomic E-state index is 0.0722. The molecule has 1 aromatic rings. The fraction of sp³-hybridized carbons (Fsp3) is 0.308. The monoisotopic (exact) mass is 278 g/mol. The average Bonchev–Trinajstić information content (AvgIpc) is 2.79. The third kappa shape index (κ3) is 2.40. The highest BCUT2D eigenvalue weighted by atomic mass is 35.5. The third-order valence-corrected chi connectivity index (χ3v) is 3.34. The maximum absolute atomic E-state index is 12.0. The maximum Gasteiger partial charge on any atom is 0.311 e. The van der Waals surface area contributed by atoms with Gasteiger partial charge in [-0.25, -0.2) is 0 Å². The number of rotatable bonds is 2. The molecule has 0 aliphatic carbocycles. The first kappa shape index (κ1) is 13.4. The van der Waals surface area contributed by atoms with Crippen LogP contribution in [0.2, 0.25) is 5.02 Å². The fourth-order valence-electron chi connectivity index (χ4n) is 2.13. The quantitative estimate of drug-likeness (QED) is 0.773. The largest absolute Gasteiger partial charge is 0.469 e. The van der Waals surface area contributed by atoms with Gasteiger partial charge in [0.25, 0.3) is 0 Å². The highest BCUT2D eigenvalue weighted by molar-refractivity contribution is 6.34. The van der Waals surface area contributed by atoms with Crippen molar-refractivity contribution in [2.75, 3.05) is 18.6 Å².